The van der Waals surface area contributed by atoms with Gasteiger partial charge in [0, 0.05) is 37.7 Å². The molecule has 2 unspecified atom stereocenters. The van der Waals surface area contributed by atoms with E-state index < -0.39 is 0 Å². The van der Waals surface area contributed by atoms with Crippen molar-refractivity contribution in [1.82, 2.24) is 0 Å². The smallest absolute Gasteiger partial charge is 0.306 e. The van der Waals surface area contributed by atoms with E-state index in [-0.39, 0.29) is 42.6 Å². The molecule has 0 radical (unpaired) electrons. The first-order valence-corrected chi connectivity index (χ1v) is 13.4. The molecule has 35 heavy (non-hydrogen) atoms. The summed E-state index contributed by atoms with van der Waals surface area (Å²) in [7, 11) is 0. The molecule has 3 aliphatic heterocycles. The van der Waals surface area contributed by atoms with E-state index in [2.05, 4.69) is 6.08 Å². The first kappa shape index (κ1) is 24.9. The summed E-state index contributed by atoms with van der Waals surface area (Å²) in [5.74, 6) is 1.25. The third kappa shape index (κ3) is 6.31. The maximum Gasteiger partial charge on any atom is 0.306 e. The van der Waals surface area contributed by atoms with Crippen molar-refractivity contribution in [2.24, 2.45) is 11.8 Å². The molecule has 0 spiro atoms. The molecule has 6 atom stereocenters. The fourth-order valence-corrected chi connectivity index (χ4v) is 5.75. The third-order valence-corrected chi connectivity index (χ3v) is 7.56. The Labute approximate surface area is 212 Å². The number of benzene rings is 1. The van der Waals surface area contributed by atoms with Gasteiger partial charge in [0.05, 0.1) is 30.8 Å². The van der Waals surface area contributed by atoms with Crippen molar-refractivity contribution in [3.05, 3.63) is 41.1 Å². The maximum atomic E-state index is 12.2. The Morgan fingerprint density at radius 3 is 2.57 bits per heavy atom. The minimum atomic E-state index is -0.289. The fraction of sp³-hybridized carbons (Fsp3) is 0.667. The van der Waals surface area contributed by atoms with Crippen LogP contribution in [0.25, 0.3) is 0 Å². The van der Waals surface area contributed by atoms with Gasteiger partial charge in [-0.1, -0.05) is 23.7 Å². The van der Waals surface area contributed by atoms with Crippen molar-refractivity contribution >= 4 is 17.6 Å². The second-order valence-electron chi connectivity index (χ2n) is 9.72. The molecule has 0 N–H and O–H groups in total. The predicted molar refractivity (Wildman–Crippen MR) is 129 cm³/mol. The van der Waals surface area contributed by atoms with Crippen LogP contribution in [0.5, 0.6) is 5.75 Å². The van der Waals surface area contributed by atoms with Gasteiger partial charge >= 0.3 is 5.97 Å². The molecule has 0 amide bonds. The second kappa shape index (κ2) is 12.0. The molecule has 1 saturated carbocycles. The Hall–Kier alpha value is -1.80. The number of carbonyl (C=O) groups excluding carboxylic acids is 1. The zero-order chi connectivity index (χ0) is 24.0. The van der Waals surface area contributed by atoms with Crippen LogP contribution in [-0.4, -0.2) is 50.6 Å². The number of ether oxygens (including phenoxy) is 6. The first-order chi connectivity index (χ1) is 17.2. The van der Waals surface area contributed by atoms with Crippen molar-refractivity contribution in [3.63, 3.8) is 0 Å². The standard InChI is InChI=1S/C27H35ClO7/c28-19-8-1-2-9-20(19)30-15-7-10-21(34-25-11-3-5-13-31-25)27-18-16-24(29)33-22(18)17-23(27)35-26-12-4-6-14-32-26/h1-2,8-10,18,22-23,25-27H,3-7,11-17H2/b21-10+/t18-,22-,23-,25?,26?,27-/m1/s1. The van der Waals surface area contributed by atoms with Crippen molar-refractivity contribution < 1.29 is 33.2 Å². The van der Waals surface area contributed by atoms with E-state index in [9.17, 15) is 4.79 Å². The van der Waals surface area contributed by atoms with E-state index in [0.29, 0.717) is 43.2 Å². The lowest BCUT2D eigenvalue weighted by Gasteiger charge is -2.33. The van der Waals surface area contributed by atoms with Gasteiger partial charge in [0.15, 0.2) is 12.6 Å². The van der Waals surface area contributed by atoms with E-state index >= 15 is 0 Å². The summed E-state index contributed by atoms with van der Waals surface area (Å²) in [4.78, 5) is 12.2. The molecule has 0 aromatic heterocycles. The lowest BCUT2D eigenvalue weighted by Crippen LogP contribution is -2.34. The largest absolute Gasteiger partial charge is 0.492 e. The van der Waals surface area contributed by atoms with Gasteiger partial charge in [-0.3, -0.25) is 4.79 Å². The molecule has 1 aromatic carbocycles. The topological polar surface area (TPSA) is 72.5 Å². The summed E-state index contributed by atoms with van der Waals surface area (Å²) >= 11 is 6.23. The highest BCUT2D eigenvalue weighted by atomic mass is 35.5. The zero-order valence-corrected chi connectivity index (χ0v) is 20.8. The number of hydrogen-bond donors (Lipinski definition) is 0. The van der Waals surface area contributed by atoms with Crippen molar-refractivity contribution in [2.45, 2.75) is 82.6 Å². The van der Waals surface area contributed by atoms with E-state index in [0.717, 1.165) is 50.9 Å². The Kier molecular flexibility index (Phi) is 8.50. The van der Waals surface area contributed by atoms with E-state index in [1.807, 2.05) is 24.3 Å². The molecular formula is C27H35ClO7. The van der Waals surface area contributed by atoms with Gasteiger partial charge in [-0.15, -0.1) is 0 Å². The zero-order valence-electron chi connectivity index (χ0n) is 20.1. The molecule has 3 heterocycles. The van der Waals surface area contributed by atoms with Crippen LogP contribution < -0.4 is 4.74 Å². The summed E-state index contributed by atoms with van der Waals surface area (Å²) in [6, 6.07) is 7.45. The molecule has 4 aliphatic rings. The minimum absolute atomic E-state index is 0.0235. The van der Waals surface area contributed by atoms with Crippen molar-refractivity contribution in [1.29, 1.82) is 0 Å². The SMILES string of the molecule is O=C1C[C@H]2[C@H](/C(=C\CCOc3ccccc3Cl)OC3CCCCO3)[C@H](OC3CCCCO3)C[C@H]2O1. The molecule has 1 aliphatic carbocycles. The quantitative estimate of drug-likeness (QED) is 0.252. The van der Waals surface area contributed by atoms with Crippen LogP contribution >= 0.6 is 11.6 Å². The monoisotopic (exact) mass is 506 g/mol. The van der Waals surface area contributed by atoms with Crippen LogP contribution in [0.2, 0.25) is 5.02 Å². The molecule has 8 heteroatoms. The normalized spacial score (nSPS) is 33.3. The van der Waals surface area contributed by atoms with Crippen LogP contribution in [0.1, 0.15) is 57.8 Å². The van der Waals surface area contributed by atoms with Gasteiger partial charge in [0.25, 0.3) is 0 Å². The van der Waals surface area contributed by atoms with Gasteiger partial charge < -0.3 is 28.4 Å². The number of hydrogen-bond acceptors (Lipinski definition) is 7. The van der Waals surface area contributed by atoms with Gasteiger partial charge in [-0.05, 0) is 50.3 Å². The number of carbonyl (C=O) groups is 1. The molecule has 7 nitrogen and oxygen atoms in total. The average molecular weight is 507 g/mol. The second-order valence-corrected chi connectivity index (χ2v) is 10.1. The lowest BCUT2D eigenvalue weighted by atomic mass is 9.89. The summed E-state index contributed by atoms with van der Waals surface area (Å²) < 4.78 is 36.3. The van der Waals surface area contributed by atoms with Crippen LogP contribution in [-0.2, 0) is 28.5 Å². The Morgan fingerprint density at radius 1 is 1.06 bits per heavy atom. The van der Waals surface area contributed by atoms with Gasteiger partial charge in [-0.2, -0.15) is 0 Å². The Morgan fingerprint density at radius 2 is 1.83 bits per heavy atom. The van der Waals surface area contributed by atoms with Crippen molar-refractivity contribution in [3.8, 4) is 5.75 Å². The average Bonchev–Trinajstić information content (AvgIpc) is 3.38. The van der Waals surface area contributed by atoms with E-state index in [4.69, 9.17) is 40.0 Å². The number of halogens is 1. The minimum Gasteiger partial charge on any atom is -0.492 e. The molecular weight excluding hydrogens is 472 g/mol. The van der Waals surface area contributed by atoms with Gasteiger partial charge in [-0.25, -0.2) is 0 Å². The maximum absolute atomic E-state index is 12.2. The Bertz CT molecular complexity index is 878. The van der Waals surface area contributed by atoms with Gasteiger partial charge in [0.1, 0.15) is 17.6 Å². The molecule has 3 saturated heterocycles. The number of fused-ring (bicyclic) bond motifs is 1. The van der Waals surface area contributed by atoms with E-state index in [1.54, 1.807) is 0 Å². The number of para-hydroxylation sites is 1. The molecule has 0 bridgehead atoms. The number of rotatable bonds is 9. The third-order valence-electron chi connectivity index (χ3n) is 7.25. The highest BCUT2D eigenvalue weighted by Crippen LogP contribution is 2.47. The number of esters is 1. The van der Waals surface area contributed by atoms with Crippen LogP contribution in [0.3, 0.4) is 0 Å². The summed E-state index contributed by atoms with van der Waals surface area (Å²) in [5.41, 5.74) is 0. The van der Waals surface area contributed by atoms with Gasteiger partial charge in [0.2, 0.25) is 0 Å². The van der Waals surface area contributed by atoms with Crippen LogP contribution in [0.4, 0.5) is 0 Å². The fourth-order valence-electron chi connectivity index (χ4n) is 5.56. The molecule has 192 valence electrons. The van der Waals surface area contributed by atoms with Crippen molar-refractivity contribution in [2.75, 3.05) is 19.8 Å². The van der Waals surface area contributed by atoms with Crippen LogP contribution in [0.15, 0.2) is 36.1 Å². The Balaban J connectivity index is 1.32. The summed E-state index contributed by atoms with van der Waals surface area (Å²) in [5, 5.41) is 0.588. The predicted octanol–water partition coefficient (Wildman–Crippen LogP) is 5.40. The lowest BCUT2D eigenvalue weighted by molar-refractivity contribution is -0.201. The first-order valence-electron chi connectivity index (χ1n) is 13.0. The highest BCUT2D eigenvalue weighted by molar-refractivity contribution is 6.32. The molecule has 4 fully saturated rings. The van der Waals surface area contributed by atoms with E-state index in [1.165, 1.54) is 0 Å². The summed E-state index contributed by atoms with van der Waals surface area (Å²) in [6.07, 6.45) is 8.94. The molecule has 5 rings (SSSR count). The molecule has 1 aromatic rings. The summed E-state index contributed by atoms with van der Waals surface area (Å²) in [6.45, 7) is 1.87. The highest BCUT2D eigenvalue weighted by Gasteiger charge is 2.53. The van der Waals surface area contributed by atoms with Crippen LogP contribution in [0, 0.1) is 11.8 Å².